The predicted molar refractivity (Wildman–Crippen MR) is 50.7 cm³/mol. The molecule has 2 N–H and O–H groups in total. The number of carboxylic acid groups (broad SMARTS) is 1. The Hall–Kier alpha value is -1.43. The molecule has 2 rings (SSSR count). The number of aromatic carboxylic acids is 1. The highest BCUT2D eigenvalue weighted by molar-refractivity contribution is 9.10. The van der Waals surface area contributed by atoms with Crippen LogP contribution in [-0.2, 0) is 0 Å². The number of hydrogen-bond acceptors (Lipinski definition) is 2. The quantitative estimate of drug-likeness (QED) is 0.824. The van der Waals surface area contributed by atoms with Crippen molar-refractivity contribution in [3.05, 3.63) is 28.1 Å². The number of fused-ring (bicyclic) bond motifs is 1. The summed E-state index contributed by atoms with van der Waals surface area (Å²) in [6, 6.07) is 2.77. The summed E-state index contributed by atoms with van der Waals surface area (Å²) in [6.45, 7) is 0. The van der Waals surface area contributed by atoms with Crippen molar-refractivity contribution in [3.63, 3.8) is 0 Å². The molecule has 72 valence electrons. The average molecular weight is 259 g/mol. The van der Waals surface area contributed by atoms with Crippen molar-refractivity contribution in [2.45, 2.75) is 0 Å². The number of carboxylic acids is 1. The van der Waals surface area contributed by atoms with Crippen LogP contribution in [0.3, 0.4) is 0 Å². The molecule has 0 aliphatic rings. The zero-order valence-corrected chi connectivity index (χ0v) is 8.30. The van der Waals surface area contributed by atoms with Crippen LogP contribution in [0.25, 0.3) is 10.9 Å². The van der Waals surface area contributed by atoms with Gasteiger partial charge >= 0.3 is 5.97 Å². The van der Waals surface area contributed by atoms with Crippen LogP contribution in [0.2, 0.25) is 0 Å². The smallest absolute Gasteiger partial charge is 0.357 e. The Morgan fingerprint density at radius 1 is 1.57 bits per heavy atom. The lowest BCUT2D eigenvalue weighted by molar-refractivity contribution is 0.0692. The molecule has 14 heavy (non-hydrogen) atoms. The number of H-pyrrole nitrogens is 1. The van der Waals surface area contributed by atoms with Crippen molar-refractivity contribution >= 4 is 32.8 Å². The van der Waals surface area contributed by atoms with Gasteiger partial charge in [-0.15, -0.1) is 0 Å². The lowest BCUT2D eigenvalue weighted by Gasteiger charge is -1.94. The third kappa shape index (κ3) is 1.27. The maximum absolute atomic E-state index is 13.3. The molecule has 4 nitrogen and oxygen atoms in total. The van der Waals surface area contributed by atoms with E-state index in [2.05, 4.69) is 26.1 Å². The molecule has 0 bridgehead atoms. The van der Waals surface area contributed by atoms with Crippen LogP contribution in [-0.4, -0.2) is 21.3 Å². The molecule has 6 heteroatoms. The molecule has 0 saturated carbocycles. The Labute approximate surface area is 85.9 Å². The Bertz CT molecular complexity index is 523. The third-order valence-electron chi connectivity index (χ3n) is 1.78. The Morgan fingerprint density at radius 2 is 2.29 bits per heavy atom. The maximum Gasteiger partial charge on any atom is 0.357 e. The first kappa shape index (κ1) is 9.14. The highest BCUT2D eigenvalue weighted by Crippen LogP contribution is 2.24. The zero-order chi connectivity index (χ0) is 10.3. The molecule has 0 saturated heterocycles. The highest BCUT2D eigenvalue weighted by Gasteiger charge is 2.16. The summed E-state index contributed by atoms with van der Waals surface area (Å²) >= 11 is 3.09. The van der Waals surface area contributed by atoms with Gasteiger partial charge in [0.05, 0.1) is 10.9 Å². The molecule has 0 fully saturated rings. The minimum Gasteiger partial charge on any atom is -0.476 e. The molecule has 0 amide bonds. The second-order valence-electron chi connectivity index (χ2n) is 2.69. The van der Waals surface area contributed by atoms with Crippen LogP contribution in [0.1, 0.15) is 10.5 Å². The van der Waals surface area contributed by atoms with Gasteiger partial charge in [-0.05, 0) is 12.1 Å². The number of nitrogens with one attached hydrogen (secondary N) is 1. The largest absolute Gasteiger partial charge is 0.476 e. The van der Waals surface area contributed by atoms with Gasteiger partial charge in [0.25, 0.3) is 0 Å². The lowest BCUT2D eigenvalue weighted by Crippen LogP contribution is -1.97. The van der Waals surface area contributed by atoms with Gasteiger partial charge in [0, 0.05) is 4.47 Å². The number of halogens is 2. The highest BCUT2D eigenvalue weighted by atomic mass is 79.9. The SMILES string of the molecule is O=C(O)c1n[nH]c2cc(Br)cc(F)c12. The van der Waals surface area contributed by atoms with Gasteiger partial charge in [-0.1, -0.05) is 15.9 Å². The fourth-order valence-corrected chi connectivity index (χ4v) is 1.66. The first-order valence-corrected chi connectivity index (χ1v) is 4.45. The van der Waals surface area contributed by atoms with Crippen molar-refractivity contribution < 1.29 is 14.3 Å². The van der Waals surface area contributed by atoms with Gasteiger partial charge in [0.1, 0.15) is 5.82 Å². The first-order chi connectivity index (χ1) is 6.59. The summed E-state index contributed by atoms with van der Waals surface area (Å²) in [5.41, 5.74) is 0.0549. The minimum atomic E-state index is -1.25. The Morgan fingerprint density at radius 3 is 2.93 bits per heavy atom. The maximum atomic E-state index is 13.3. The summed E-state index contributed by atoms with van der Waals surface area (Å²) in [6.07, 6.45) is 0. The lowest BCUT2D eigenvalue weighted by atomic mass is 10.2. The number of nitrogens with zero attached hydrogens (tertiary/aromatic N) is 1. The summed E-state index contributed by atoms with van der Waals surface area (Å²) in [4.78, 5) is 10.7. The zero-order valence-electron chi connectivity index (χ0n) is 6.71. The average Bonchev–Trinajstić information content (AvgIpc) is 2.47. The summed E-state index contributed by atoms with van der Waals surface area (Å²) in [5, 5.41) is 14.7. The second-order valence-corrected chi connectivity index (χ2v) is 3.60. The Kier molecular flexibility index (Phi) is 1.99. The minimum absolute atomic E-state index is 0.000648. The van der Waals surface area contributed by atoms with E-state index in [9.17, 15) is 9.18 Å². The predicted octanol–water partition coefficient (Wildman–Crippen LogP) is 2.16. The van der Waals surface area contributed by atoms with Gasteiger partial charge < -0.3 is 5.11 Å². The fourth-order valence-electron chi connectivity index (χ4n) is 1.23. The van der Waals surface area contributed by atoms with E-state index in [1.807, 2.05) is 0 Å². The molecule has 1 aromatic heterocycles. The van der Waals surface area contributed by atoms with Crippen molar-refractivity contribution in [2.75, 3.05) is 0 Å². The van der Waals surface area contributed by atoms with E-state index >= 15 is 0 Å². The van der Waals surface area contributed by atoms with E-state index in [1.54, 1.807) is 6.07 Å². The van der Waals surface area contributed by atoms with Gasteiger partial charge in [0.15, 0.2) is 5.69 Å². The van der Waals surface area contributed by atoms with Crippen LogP contribution in [0, 0.1) is 5.82 Å². The van der Waals surface area contributed by atoms with Crippen LogP contribution in [0.4, 0.5) is 4.39 Å². The number of carbonyl (C=O) groups is 1. The van der Waals surface area contributed by atoms with E-state index in [0.29, 0.717) is 9.99 Å². The molecular formula is C8H4BrFN2O2. The van der Waals surface area contributed by atoms with E-state index in [-0.39, 0.29) is 11.1 Å². The molecule has 0 aliphatic heterocycles. The van der Waals surface area contributed by atoms with Crippen LogP contribution in [0.5, 0.6) is 0 Å². The molecule has 1 aromatic carbocycles. The van der Waals surface area contributed by atoms with Crippen LogP contribution in [0.15, 0.2) is 16.6 Å². The standard InChI is InChI=1S/C8H4BrFN2O2/c9-3-1-4(10)6-5(2-3)11-12-7(6)8(13)14/h1-2H,(H,11,12)(H,13,14). The third-order valence-corrected chi connectivity index (χ3v) is 2.24. The number of aromatic amines is 1. The van der Waals surface area contributed by atoms with Crippen molar-refractivity contribution in [2.24, 2.45) is 0 Å². The van der Waals surface area contributed by atoms with E-state index in [4.69, 9.17) is 5.11 Å². The van der Waals surface area contributed by atoms with Crippen LogP contribution < -0.4 is 0 Å². The molecule has 0 radical (unpaired) electrons. The fraction of sp³-hybridized carbons (Fsp3) is 0. The number of hydrogen-bond donors (Lipinski definition) is 2. The topological polar surface area (TPSA) is 66.0 Å². The molecule has 2 aromatic rings. The molecule has 0 spiro atoms. The molecule has 0 aliphatic carbocycles. The Balaban J connectivity index is 2.85. The van der Waals surface area contributed by atoms with Crippen LogP contribution >= 0.6 is 15.9 Å². The summed E-state index contributed by atoms with van der Waals surface area (Å²) in [7, 11) is 0. The number of aromatic nitrogens is 2. The molecule has 1 heterocycles. The summed E-state index contributed by atoms with van der Waals surface area (Å²) < 4.78 is 13.9. The molecule has 0 unspecified atom stereocenters. The molecular weight excluding hydrogens is 255 g/mol. The van der Waals surface area contributed by atoms with Gasteiger partial charge in [-0.3, -0.25) is 5.10 Å². The number of benzene rings is 1. The van der Waals surface area contributed by atoms with Gasteiger partial charge in [-0.25, -0.2) is 9.18 Å². The monoisotopic (exact) mass is 258 g/mol. The first-order valence-electron chi connectivity index (χ1n) is 3.66. The van der Waals surface area contributed by atoms with E-state index in [1.165, 1.54) is 6.07 Å². The van der Waals surface area contributed by atoms with Crippen molar-refractivity contribution in [1.82, 2.24) is 10.2 Å². The summed E-state index contributed by atoms with van der Waals surface area (Å²) in [5.74, 6) is -1.86. The van der Waals surface area contributed by atoms with E-state index < -0.39 is 11.8 Å². The normalized spacial score (nSPS) is 10.7. The van der Waals surface area contributed by atoms with Gasteiger partial charge in [-0.2, -0.15) is 5.10 Å². The second kappa shape index (κ2) is 3.06. The number of rotatable bonds is 1. The van der Waals surface area contributed by atoms with E-state index in [0.717, 1.165) is 0 Å². The molecule has 0 atom stereocenters. The van der Waals surface area contributed by atoms with Crippen molar-refractivity contribution in [1.29, 1.82) is 0 Å². The van der Waals surface area contributed by atoms with Crippen molar-refractivity contribution in [3.8, 4) is 0 Å². The van der Waals surface area contributed by atoms with Gasteiger partial charge in [0.2, 0.25) is 0 Å².